The van der Waals surface area contributed by atoms with Gasteiger partial charge in [-0.2, -0.15) is 0 Å². The molecule has 2 amide bonds. The van der Waals surface area contributed by atoms with Gasteiger partial charge in [0.05, 0.1) is 26.2 Å². The zero-order valence-corrected chi connectivity index (χ0v) is 21.3. The van der Waals surface area contributed by atoms with Crippen molar-refractivity contribution in [3.05, 3.63) is 53.6 Å². The number of rotatable bonds is 11. The summed E-state index contributed by atoms with van der Waals surface area (Å²) >= 11 is 0. The number of ether oxygens (including phenoxy) is 2. The number of nitrogens with one attached hydrogen (secondary N) is 1. The largest absolute Gasteiger partial charge is 0.497 e. The standard InChI is InChI=1S/C24H33N3O6S/c1-7-25-24(29)18(3)26(15-19-11-9-8-10-17(19)2)23(28)16-27(34(6,30)31)21-14-20(32-4)12-13-22(21)33-5/h8-14,18H,7,15-16H2,1-6H3,(H,25,29). The van der Waals surface area contributed by atoms with Crippen molar-refractivity contribution in [1.29, 1.82) is 0 Å². The van der Waals surface area contributed by atoms with Crippen LogP contribution in [-0.2, 0) is 26.2 Å². The second kappa shape index (κ2) is 11.7. The summed E-state index contributed by atoms with van der Waals surface area (Å²) < 4.78 is 37.1. The van der Waals surface area contributed by atoms with Crippen LogP contribution in [0.4, 0.5) is 5.69 Å². The van der Waals surface area contributed by atoms with Gasteiger partial charge in [0, 0.05) is 19.2 Å². The van der Waals surface area contributed by atoms with Crippen LogP contribution in [0.2, 0.25) is 0 Å². The highest BCUT2D eigenvalue weighted by molar-refractivity contribution is 7.92. The molecular formula is C24H33N3O6S. The number of carbonyl (C=O) groups is 2. The van der Waals surface area contributed by atoms with Gasteiger partial charge in [-0.25, -0.2) is 8.42 Å². The highest BCUT2D eigenvalue weighted by Gasteiger charge is 2.31. The first-order valence-corrected chi connectivity index (χ1v) is 12.7. The predicted molar refractivity (Wildman–Crippen MR) is 132 cm³/mol. The molecule has 0 spiro atoms. The van der Waals surface area contributed by atoms with Crippen molar-refractivity contribution in [2.24, 2.45) is 0 Å². The average molecular weight is 492 g/mol. The molecule has 186 valence electrons. The molecule has 1 atom stereocenters. The summed E-state index contributed by atoms with van der Waals surface area (Å²) in [6.45, 7) is 5.37. The zero-order chi connectivity index (χ0) is 25.5. The molecule has 0 heterocycles. The Morgan fingerprint density at radius 2 is 1.76 bits per heavy atom. The lowest BCUT2D eigenvalue weighted by Gasteiger charge is -2.32. The molecule has 2 aromatic rings. The van der Waals surface area contributed by atoms with Crippen LogP contribution in [0, 0.1) is 6.92 Å². The third kappa shape index (κ3) is 6.63. The number of amides is 2. The van der Waals surface area contributed by atoms with E-state index in [4.69, 9.17) is 9.47 Å². The van der Waals surface area contributed by atoms with E-state index in [9.17, 15) is 18.0 Å². The Labute approximate surface area is 201 Å². The first-order chi connectivity index (χ1) is 16.0. The van der Waals surface area contributed by atoms with E-state index in [1.807, 2.05) is 31.2 Å². The fraction of sp³-hybridized carbons (Fsp3) is 0.417. The van der Waals surface area contributed by atoms with E-state index < -0.39 is 28.5 Å². The Balaban J connectivity index is 2.49. The summed E-state index contributed by atoms with van der Waals surface area (Å²) in [5, 5.41) is 2.73. The van der Waals surface area contributed by atoms with Gasteiger partial charge >= 0.3 is 0 Å². The van der Waals surface area contributed by atoms with Crippen molar-refractivity contribution in [1.82, 2.24) is 10.2 Å². The molecule has 0 saturated heterocycles. The summed E-state index contributed by atoms with van der Waals surface area (Å²) in [5.41, 5.74) is 1.98. The molecule has 0 radical (unpaired) electrons. The Kier molecular flexibility index (Phi) is 9.31. The van der Waals surface area contributed by atoms with Crippen molar-refractivity contribution in [3.8, 4) is 11.5 Å². The lowest BCUT2D eigenvalue weighted by molar-refractivity contribution is -0.139. The topological polar surface area (TPSA) is 105 Å². The Hall–Kier alpha value is -3.27. The SMILES string of the molecule is CCNC(=O)C(C)N(Cc1ccccc1C)C(=O)CN(c1cc(OC)ccc1OC)S(C)(=O)=O. The number of likely N-dealkylation sites (N-methyl/N-ethyl adjacent to an activating group) is 1. The Bertz CT molecular complexity index is 1120. The van der Waals surface area contributed by atoms with E-state index in [2.05, 4.69) is 5.32 Å². The number of anilines is 1. The monoisotopic (exact) mass is 491 g/mol. The number of carbonyl (C=O) groups excluding carboxylic acids is 2. The van der Waals surface area contributed by atoms with Gasteiger partial charge in [-0.05, 0) is 44.0 Å². The molecule has 0 bridgehead atoms. The molecule has 0 aliphatic heterocycles. The Morgan fingerprint density at radius 1 is 1.09 bits per heavy atom. The van der Waals surface area contributed by atoms with Crippen molar-refractivity contribution in [2.45, 2.75) is 33.4 Å². The maximum absolute atomic E-state index is 13.6. The molecule has 10 heteroatoms. The second-order valence-electron chi connectivity index (χ2n) is 7.83. The third-order valence-corrected chi connectivity index (χ3v) is 6.58. The minimum absolute atomic E-state index is 0.149. The Morgan fingerprint density at radius 3 is 2.32 bits per heavy atom. The van der Waals surface area contributed by atoms with Crippen molar-refractivity contribution >= 4 is 27.5 Å². The average Bonchev–Trinajstić information content (AvgIpc) is 2.80. The van der Waals surface area contributed by atoms with E-state index in [1.165, 1.54) is 25.2 Å². The van der Waals surface area contributed by atoms with E-state index in [0.717, 1.165) is 21.7 Å². The molecule has 9 nitrogen and oxygen atoms in total. The molecule has 0 aliphatic rings. The first-order valence-electron chi connectivity index (χ1n) is 10.8. The van der Waals surface area contributed by atoms with Gasteiger partial charge in [-0.3, -0.25) is 13.9 Å². The van der Waals surface area contributed by atoms with Crippen LogP contribution in [0.3, 0.4) is 0 Å². The molecule has 2 aromatic carbocycles. The van der Waals surface area contributed by atoms with Gasteiger partial charge in [0.25, 0.3) is 0 Å². The first kappa shape index (κ1) is 27.0. The number of aryl methyl sites for hydroxylation is 1. The van der Waals surface area contributed by atoms with Crippen LogP contribution in [0.15, 0.2) is 42.5 Å². The highest BCUT2D eigenvalue weighted by atomic mass is 32.2. The van der Waals surface area contributed by atoms with Crippen LogP contribution in [0.5, 0.6) is 11.5 Å². The number of benzene rings is 2. The van der Waals surface area contributed by atoms with Crippen molar-refractivity contribution < 1.29 is 27.5 Å². The van der Waals surface area contributed by atoms with Crippen molar-refractivity contribution in [2.75, 3.05) is 37.9 Å². The molecule has 1 N–H and O–H groups in total. The van der Waals surface area contributed by atoms with E-state index in [-0.39, 0.29) is 23.9 Å². The van der Waals surface area contributed by atoms with Gasteiger partial charge in [-0.1, -0.05) is 24.3 Å². The lowest BCUT2D eigenvalue weighted by Crippen LogP contribution is -2.51. The van der Waals surface area contributed by atoms with E-state index in [0.29, 0.717) is 12.3 Å². The molecule has 34 heavy (non-hydrogen) atoms. The van der Waals surface area contributed by atoms with Gasteiger partial charge in [0.15, 0.2) is 0 Å². The molecule has 2 rings (SSSR count). The molecule has 0 saturated carbocycles. The van der Waals surface area contributed by atoms with E-state index >= 15 is 0 Å². The smallest absolute Gasteiger partial charge is 0.244 e. The second-order valence-corrected chi connectivity index (χ2v) is 9.73. The minimum Gasteiger partial charge on any atom is -0.497 e. The molecule has 0 aromatic heterocycles. The number of nitrogens with zero attached hydrogens (tertiary/aromatic N) is 2. The van der Waals surface area contributed by atoms with Crippen LogP contribution in [0.1, 0.15) is 25.0 Å². The predicted octanol–water partition coefficient (Wildman–Crippen LogP) is 2.33. The minimum atomic E-state index is -3.89. The summed E-state index contributed by atoms with van der Waals surface area (Å²) in [4.78, 5) is 27.6. The van der Waals surface area contributed by atoms with Crippen molar-refractivity contribution in [3.63, 3.8) is 0 Å². The number of sulfonamides is 1. The van der Waals surface area contributed by atoms with Gasteiger partial charge in [0.1, 0.15) is 24.1 Å². The summed E-state index contributed by atoms with van der Waals surface area (Å²) in [5.74, 6) is -0.183. The van der Waals surface area contributed by atoms with Gasteiger partial charge in [0.2, 0.25) is 21.8 Å². The highest BCUT2D eigenvalue weighted by Crippen LogP contribution is 2.34. The lowest BCUT2D eigenvalue weighted by atomic mass is 10.1. The normalized spacial score (nSPS) is 11.9. The number of hydrogen-bond acceptors (Lipinski definition) is 6. The molecular weight excluding hydrogens is 458 g/mol. The van der Waals surface area contributed by atoms with Crippen LogP contribution in [-0.4, -0.2) is 64.7 Å². The summed E-state index contributed by atoms with van der Waals surface area (Å²) in [7, 11) is -1.02. The fourth-order valence-corrected chi connectivity index (χ4v) is 4.31. The zero-order valence-electron chi connectivity index (χ0n) is 20.5. The third-order valence-electron chi connectivity index (χ3n) is 5.45. The fourth-order valence-electron chi connectivity index (χ4n) is 3.46. The van der Waals surface area contributed by atoms with Crippen LogP contribution >= 0.6 is 0 Å². The van der Waals surface area contributed by atoms with Gasteiger partial charge < -0.3 is 19.7 Å². The number of hydrogen-bond donors (Lipinski definition) is 1. The summed E-state index contributed by atoms with van der Waals surface area (Å²) in [6, 6.07) is 11.4. The van der Waals surface area contributed by atoms with Crippen LogP contribution in [0.25, 0.3) is 0 Å². The number of methoxy groups -OCH3 is 2. The van der Waals surface area contributed by atoms with Gasteiger partial charge in [-0.15, -0.1) is 0 Å². The van der Waals surface area contributed by atoms with Crippen LogP contribution < -0.4 is 19.1 Å². The molecule has 0 aliphatic carbocycles. The maximum atomic E-state index is 13.6. The maximum Gasteiger partial charge on any atom is 0.244 e. The summed E-state index contributed by atoms with van der Waals surface area (Å²) in [6.07, 6.45) is 1.01. The molecule has 1 unspecified atom stereocenters. The molecule has 0 fully saturated rings. The quantitative estimate of drug-likeness (QED) is 0.517. The van der Waals surface area contributed by atoms with E-state index in [1.54, 1.807) is 26.0 Å².